The molecule has 8 heteroatoms. The summed E-state index contributed by atoms with van der Waals surface area (Å²) >= 11 is 0. The fourth-order valence-electron chi connectivity index (χ4n) is 3.00. The maximum absolute atomic E-state index is 12.1. The predicted molar refractivity (Wildman–Crippen MR) is 116 cm³/mol. The lowest BCUT2D eigenvalue weighted by molar-refractivity contribution is -0.124. The minimum atomic E-state index is -0.0918. The lowest BCUT2D eigenvalue weighted by Crippen LogP contribution is -2.38. The van der Waals surface area contributed by atoms with Crippen LogP contribution in [0.5, 0.6) is 0 Å². The van der Waals surface area contributed by atoms with Crippen molar-refractivity contribution in [2.45, 2.75) is 60.7 Å². The first-order chi connectivity index (χ1) is 13.9. The van der Waals surface area contributed by atoms with Gasteiger partial charge in [0, 0.05) is 31.3 Å². The number of anilines is 1. The van der Waals surface area contributed by atoms with Crippen molar-refractivity contribution in [2.75, 3.05) is 12.3 Å². The molecule has 0 saturated carbocycles. The van der Waals surface area contributed by atoms with Gasteiger partial charge in [-0.05, 0) is 26.0 Å². The molecule has 0 aliphatic carbocycles. The van der Waals surface area contributed by atoms with Crippen molar-refractivity contribution >= 4 is 33.8 Å². The second kappa shape index (κ2) is 10.2. The molecule has 0 aliphatic rings. The summed E-state index contributed by atoms with van der Waals surface area (Å²) in [6.45, 7) is 13.1. The third-order valence-electron chi connectivity index (χ3n) is 4.35. The zero-order valence-corrected chi connectivity index (χ0v) is 18.2. The van der Waals surface area contributed by atoms with E-state index in [9.17, 15) is 4.79 Å². The molecular formula is C21H32N6O2. The molecule has 0 saturated heterocycles. The monoisotopic (exact) mass is 400 g/mol. The molecular weight excluding hydrogens is 368 g/mol. The van der Waals surface area contributed by atoms with Crippen LogP contribution < -0.4 is 11.1 Å². The number of nitrogens with one attached hydrogen (secondary N) is 1. The molecule has 0 radical (unpaired) electrons. The highest BCUT2D eigenvalue weighted by Gasteiger charge is 2.20. The number of ether oxygens (including phenoxy) is 1. The average molecular weight is 401 g/mol. The summed E-state index contributed by atoms with van der Waals surface area (Å²) in [6.07, 6.45) is 1.73. The van der Waals surface area contributed by atoms with Gasteiger partial charge >= 0.3 is 0 Å². The molecule has 8 nitrogen and oxygen atoms in total. The summed E-state index contributed by atoms with van der Waals surface area (Å²) in [5.41, 5.74) is 9.04. The summed E-state index contributed by atoms with van der Waals surface area (Å²) in [6, 6.07) is 3.61. The number of carbonyl (C=O) groups is 1. The van der Waals surface area contributed by atoms with E-state index in [4.69, 9.17) is 10.5 Å². The van der Waals surface area contributed by atoms with E-state index in [0.717, 1.165) is 16.9 Å². The molecule has 3 heterocycles. The van der Waals surface area contributed by atoms with Crippen LogP contribution in [0.3, 0.4) is 0 Å². The SMILES string of the molecule is CC.CCOCc1nc2c(N)nc3cccnc3c2n1CC(C)NC(=O)C(C)C. The first-order valence-electron chi connectivity index (χ1n) is 10.2. The molecule has 1 amide bonds. The van der Waals surface area contributed by atoms with Crippen LogP contribution in [0.15, 0.2) is 18.3 Å². The van der Waals surface area contributed by atoms with Gasteiger partial charge in [0.1, 0.15) is 29.0 Å². The van der Waals surface area contributed by atoms with Gasteiger partial charge in [-0.15, -0.1) is 0 Å². The van der Waals surface area contributed by atoms with Gasteiger partial charge in [0.25, 0.3) is 0 Å². The molecule has 158 valence electrons. The zero-order valence-electron chi connectivity index (χ0n) is 18.2. The minimum absolute atomic E-state index is 0.0162. The Kier molecular flexibility index (Phi) is 7.90. The van der Waals surface area contributed by atoms with Crippen LogP contribution in [0.2, 0.25) is 0 Å². The topological polar surface area (TPSA) is 108 Å². The molecule has 1 atom stereocenters. The van der Waals surface area contributed by atoms with Crippen molar-refractivity contribution in [3.8, 4) is 0 Å². The van der Waals surface area contributed by atoms with E-state index in [1.54, 1.807) is 6.20 Å². The Balaban J connectivity index is 0.00000145. The molecule has 0 aliphatic heterocycles. The molecule has 1 unspecified atom stereocenters. The van der Waals surface area contributed by atoms with Crippen LogP contribution in [0.1, 0.15) is 47.4 Å². The highest BCUT2D eigenvalue weighted by Crippen LogP contribution is 2.28. The Labute approximate surface area is 171 Å². The van der Waals surface area contributed by atoms with Gasteiger partial charge in [-0.1, -0.05) is 27.7 Å². The molecule has 0 fully saturated rings. The van der Waals surface area contributed by atoms with Gasteiger partial charge in [-0.2, -0.15) is 0 Å². The maximum Gasteiger partial charge on any atom is 0.222 e. The zero-order chi connectivity index (χ0) is 21.6. The summed E-state index contributed by atoms with van der Waals surface area (Å²) in [4.78, 5) is 25.6. The minimum Gasteiger partial charge on any atom is -0.382 e. The molecule has 3 aromatic heterocycles. The van der Waals surface area contributed by atoms with Crippen molar-refractivity contribution in [1.29, 1.82) is 0 Å². The molecule has 29 heavy (non-hydrogen) atoms. The molecule has 0 aromatic carbocycles. The summed E-state index contributed by atoms with van der Waals surface area (Å²) in [5, 5.41) is 3.03. The fraction of sp³-hybridized carbons (Fsp3) is 0.524. The van der Waals surface area contributed by atoms with Gasteiger partial charge in [0.05, 0.1) is 5.52 Å². The van der Waals surface area contributed by atoms with Crippen LogP contribution in [0.25, 0.3) is 22.1 Å². The van der Waals surface area contributed by atoms with E-state index >= 15 is 0 Å². The van der Waals surface area contributed by atoms with Crippen LogP contribution >= 0.6 is 0 Å². The van der Waals surface area contributed by atoms with Crippen LogP contribution in [0, 0.1) is 5.92 Å². The highest BCUT2D eigenvalue weighted by molar-refractivity contribution is 6.04. The van der Waals surface area contributed by atoms with Crippen LogP contribution in [-0.2, 0) is 22.7 Å². The molecule has 3 aromatic rings. The van der Waals surface area contributed by atoms with Gasteiger partial charge in [0.2, 0.25) is 5.91 Å². The number of fused-ring (bicyclic) bond motifs is 3. The fourth-order valence-corrected chi connectivity index (χ4v) is 3.00. The number of nitrogens with two attached hydrogens (primary N) is 1. The van der Waals surface area contributed by atoms with Gasteiger partial charge in [-0.25, -0.2) is 9.97 Å². The summed E-state index contributed by atoms with van der Waals surface area (Å²) < 4.78 is 7.62. The lowest BCUT2D eigenvalue weighted by Gasteiger charge is -2.18. The average Bonchev–Trinajstić information content (AvgIpc) is 3.07. The van der Waals surface area contributed by atoms with Gasteiger partial charge < -0.3 is 20.4 Å². The van der Waals surface area contributed by atoms with E-state index in [1.165, 1.54) is 0 Å². The van der Waals surface area contributed by atoms with E-state index in [2.05, 4.69) is 20.3 Å². The number of nitrogens with zero attached hydrogens (tertiary/aromatic N) is 4. The number of pyridine rings is 2. The Morgan fingerprint density at radius 2 is 1.97 bits per heavy atom. The second-order valence-electron chi connectivity index (χ2n) is 6.91. The Morgan fingerprint density at radius 1 is 1.24 bits per heavy atom. The highest BCUT2D eigenvalue weighted by atomic mass is 16.5. The Bertz CT molecular complexity index is 967. The smallest absolute Gasteiger partial charge is 0.222 e. The quantitative estimate of drug-likeness (QED) is 0.630. The predicted octanol–water partition coefficient (Wildman–Crippen LogP) is 3.29. The van der Waals surface area contributed by atoms with Crippen molar-refractivity contribution in [3.63, 3.8) is 0 Å². The number of carbonyl (C=O) groups excluding carboxylic acids is 1. The number of aromatic nitrogens is 4. The maximum atomic E-state index is 12.1. The second-order valence-corrected chi connectivity index (χ2v) is 6.91. The van der Waals surface area contributed by atoms with Crippen molar-refractivity contribution in [1.82, 2.24) is 24.8 Å². The molecule has 3 N–H and O–H groups in total. The number of hydrogen-bond donors (Lipinski definition) is 2. The third kappa shape index (κ3) is 5.00. The normalized spacial score (nSPS) is 12.1. The van der Waals surface area contributed by atoms with E-state index in [-0.39, 0.29) is 17.9 Å². The number of nitrogen functional groups attached to an aromatic ring is 1. The molecule has 0 bridgehead atoms. The third-order valence-corrected chi connectivity index (χ3v) is 4.35. The largest absolute Gasteiger partial charge is 0.382 e. The van der Waals surface area contributed by atoms with Crippen molar-refractivity contribution in [3.05, 3.63) is 24.2 Å². The number of rotatable bonds is 7. The summed E-state index contributed by atoms with van der Waals surface area (Å²) in [5.74, 6) is 1.05. The lowest BCUT2D eigenvalue weighted by atomic mass is 10.2. The number of amides is 1. The Morgan fingerprint density at radius 3 is 2.62 bits per heavy atom. The molecule has 0 spiro atoms. The van der Waals surface area contributed by atoms with E-state index in [1.807, 2.05) is 58.2 Å². The van der Waals surface area contributed by atoms with Gasteiger partial charge in [-0.3, -0.25) is 9.78 Å². The van der Waals surface area contributed by atoms with Crippen LogP contribution in [0.4, 0.5) is 5.82 Å². The number of imidazole rings is 1. The first-order valence-corrected chi connectivity index (χ1v) is 10.2. The standard InChI is InChI=1S/C19H26N6O2.C2H6/c1-5-27-10-14-24-16-17(15-13(23-18(16)20)7-6-8-21-15)25(14)9-12(4)22-19(26)11(2)3;1-2/h6-8,11-12H,5,9-10H2,1-4H3,(H2,20,23)(H,22,26);1-2H3. The first kappa shape index (κ1) is 22.5. The van der Waals surface area contributed by atoms with E-state index < -0.39 is 0 Å². The van der Waals surface area contributed by atoms with Crippen molar-refractivity contribution in [2.24, 2.45) is 5.92 Å². The van der Waals surface area contributed by atoms with Gasteiger partial charge in [0.15, 0.2) is 5.82 Å². The molecule has 3 rings (SSSR count). The van der Waals surface area contributed by atoms with Crippen LogP contribution in [-0.4, -0.2) is 38.1 Å². The number of hydrogen-bond acceptors (Lipinski definition) is 6. The van der Waals surface area contributed by atoms with E-state index in [0.29, 0.717) is 36.6 Å². The Hall–Kier alpha value is -2.74. The summed E-state index contributed by atoms with van der Waals surface area (Å²) in [7, 11) is 0. The van der Waals surface area contributed by atoms with Crippen molar-refractivity contribution < 1.29 is 9.53 Å².